The van der Waals surface area contributed by atoms with E-state index >= 15 is 0 Å². The number of hydrogen-bond donors (Lipinski definition) is 3. The molecule has 0 fully saturated rings. The van der Waals surface area contributed by atoms with Crippen LogP contribution in [0.2, 0.25) is 0 Å². The molecular weight excluding hydrogens is 322 g/mol. The zero-order valence-electron chi connectivity index (χ0n) is 13.7. The molecule has 1 rings (SSSR count). The first kappa shape index (κ1) is 18.9. The zero-order valence-corrected chi connectivity index (χ0v) is 14.5. The Morgan fingerprint density at radius 1 is 1.35 bits per heavy atom. The van der Waals surface area contributed by atoms with Gasteiger partial charge in [0.05, 0.1) is 12.5 Å². The maximum atomic E-state index is 11.9. The van der Waals surface area contributed by atoms with E-state index in [1.807, 2.05) is 0 Å². The highest BCUT2D eigenvalue weighted by atomic mass is 32.1. The molecule has 0 aromatic carbocycles. The monoisotopic (exact) mass is 343 g/mol. The van der Waals surface area contributed by atoms with E-state index in [1.165, 1.54) is 7.05 Å². The van der Waals surface area contributed by atoms with Crippen LogP contribution in [0.25, 0.3) is 0 Å². The number of amides is 2. The quantitative estimate of drug-likeness (QED) is 0.751. The molecule has 0 saturated heterocycles. The minimum absolute atomic E-state index is 0.0677. The number of carboxylic acids is 1. The van der Waals surface area contributed by atoms with Gasteiger partial charge in [-0.3, -0.25) is 4.79 Å². The smallest absolute Gasteiger partial charge is 0.408 e. The van der Waals surface area contributed by atoms with E-state index in [9.17, 15) is 14.4 Å². The predicted molar refractivity (Wildman–Crippen MR) is 84.6 cm³/mol. The average Bonchev–Trinajstić information content (AvgIpc) is 2.77. The van der Waals surface area contributed by atoms with Crippen LogP contribution in [0.15, 0.2) is 0 Å². The van der Waals surface area contributed by atoms with Gasteiger partial charge < -0.3 is 20.5 Å². The third-order valence-electron chi connectivity index (χ3n) is 2.67. The Bertz CT molecular complexity index is 606. The number of thiazole rings is 1. The molecule has 1 aromatic rings. The van der Waals surface area contributed by atoms with E-state index in [4.69, 9.17) is 9.84 Å². The third-order valence-corrected chi connectivity index (χ3v) is 3.76. The molecule has 0 aliphatic heterocycles. The van der Waals surface area contributed by atoms with Crippen LogP contribution >= 0.6 is 11.3 Å². The highest BCUT2D eigenvalue weighted by molar-refractivity contribution is 7.12. The molecule has 1 atom stereocenters. The van der Waals surface area contributed by atoms with Crippen molar-refractivity contribution in [3.8, 4) is 0 Å². The number of ether oxygens (including phenoxy) is 1. The van der Waals surface area contributed by atoms with Gasteiger partial charge in [-0.15, -0.1) is 11.3 Å². The minimum atomic E-state index is -1.15. The SMILES string of the molecule is CNC(=O)C[C@H](NC(=O)OC(C)(C)C)c1nc(C(=O)O)c(C)s1. The van der Waals surface area contributed by atoms with Crippen LogP contribution in [0.5, 0.6) is 0 Å². The summed E-state index contributed by atoms with van der Waals surface area (Å²) in [6.45, 7) is 6.78. The molecule has 0 aliphatic rings. The Hall–Kier alpha value is -2.16. The molecule has 0 radical (unpaired) electrons. The predicted octanol–water partition coefficient (Wildman–Crippen LogP) is 1.85. The first-order valence-electron chi connectivity index (χ1n) is 6.94. The lowest BCUT2D eigenvalue weighted by Crippen LogP contribution is -2.37. The fraction of sp³-hybridized carbons (Fsp3) is 0.571. The highest BCUT2D eigenvalue weighted by Crippen LogP contribution is 2.26. The van der Waals surface area contributed by atoms with Crippen LogP contribution in [0.4, 0.5) is 4.79 Å². The van der Waals surface area contributed by atoms with Crippen molar-refractivity contribution < 1.29 is 24.2 Å². The van der Waals surface area contributed by atoms with Crippen LogP contribution in [-0.4, -0.2) is 40.7 Å². The van der Waals surface area contributed by atoms with Crippen molar-refractivity contribution >= 4 is 29.3 Å². The summed E-state index contributed by atoms with van der Waals surface area (Å²) in [7, 11) is 1.47. The molecular formula is C14H21N3O5S. The minimum Gasteiger partial charge on any atom is -0.476 e. The Morgan fingerprint density at radius 3 is 2.39 bits per heavy atom. The molecule has 0 unspecified atom stereocenters. The molecule has 2 amide bonds. The van der Waals surface area contributed by atoms with Crippen molar-refractivity contribution in [1.29, 1.82) is 0 Å². The molecule has 23 heavy (non-hydrogen) atoms. The summed E-state index contributed by atoms with van der Waals surface area (Å²) >= 11 is 1.12. The molecule has 9 heteroatoms. The van der Waals surface area contributed by atoms with Crippen molar-refractivity contribution in [1.82, 2.24) is 15.6 Å². The largest absolute Gasteiger partial charge is 0.476 e. The zero-order chi connectivity index (χ0) is 17.8. The molecule has 0 aliphatic carbocycles. The summed E-state index contributed by atoms with van der Waals surface area (Å²) in [6.07, 6.45) is -0.766. The van der Waals surface area contributed by atoms with Gasteiger partial charge in [-0.2, -0.15) is 0 Å². The number of carboxylic acid groups (broad SMARTS) is 1. The molecule has 8 nitrogen and oxygen atoms in total. The number of carbonyl (C=O) groups is 3. The average molecular weight is 343 g/mol. The molecule has 0 saturated carbocycles. The maximum absolute atomic E-state index is 11.9. The Kier molecular flexibility index (Phi) is 6.08. The van der Waals surface area contributed by atoms with E-state index in [1.54, 1.807) is 27.7 Å². The van der Waals surface area contributed by atoms with E-state index < -0.39 is 23.7 Å². The fourth-order valence-electron chi connectivity index (χ4n) is 1.70. The van der Waals surface area contributed by atoms with Crippen LogP contribution in [0.3, 0.4) is 0 Å². The highest BCUT2D eigenvalue weighted by Gasteiger charge is 2.26. The summed E-state index contributed by atoms with van der Waals surface area (Å²) in [5.74, 6) is -1.46. The van der Waals surface area contributed by atoms with E-state index in [0.717, 1.165) is 11.3 Å². The van der Waals surface area contributed by atoms with Gasteiger partial charge in [0, 0.05) is 11.9 Å². The summed E-state index contributed by atoms with van der Waals surface area (Å²) in [5.41, 5.74) is -0.773. The molecule has 128 valence electrons. The summed E-state index contributed by atoms with van der Waals surface area (Å²) in [5, 5.41) is 14.4. The normalized spacial score (nSPS) is 12.4. The Labute approximate surface area is 138 Å². The second kappa shape index (κ2) is 7.40. The molecule has 1 heterocycles. The van der Waals surface area contributed by atoms with Crippen LogP contribution in [-0.2, 0) is 9.53 Å². The Balaban J connectivity index is 3.01. The maximum Gasteiger partial charge on any atom is 0.408 e. The number of alkyl carbamates (subject to hydrolysis) is 1. The van der Waals surface area contributed by atoms with Crippen molar-refractivity contribution in [2.75, 3.05) is 7.05 Å². The number of nitrogens with zero attached hydrogens (tertiary/aromatic N) is 1. The molecule has 0 spiro atoms. The number of nitrogens with one attached hydrogen (secondary N) is 2. The van der Waals surface area contributed by atoms with E-state index in [0.29, 0.717) is 9.88 Å². The van der Waals surface area contributed by atoms with Crippen molar-refractivity contribution in [3.05, 3.63) is 15.6 Å². The lowest BCUT2D eigenvalue weighted by atomic mass is 10.2. The first-order valence-corrected chi connectivity index (χ1v) is 7.76. The van der Waals surface area contributed by atoms with E-state index in [-0.39, 0.29) is 18.0 Å². The van der Waals surface area contributed by atoms with Gasteiger partial charge in [-0.05, 0) is 27.7 Å². The molecule has 1 aromatic heterocycles. The number of aromatic carboxylic acids is 1. The number of aryl methyl sites for hydroxylation is 1. The second-order valence-corrected chi connectivity index (χ2v) is 7.07. The van der Waals surface area contributed by atoms with Crippen LogP contribution < -0.4 is 10.6 Å². The second-order valence-electron chi connectivity index (χ2n) is 5.84. The van der Waals surface area contributed by atoms with Gasteiger partial charge in [0.1, 0.15) is 10.6 Å². The van der Waals surface area contributed by atoms with Gasteiger partial charge in [0.25, 0.3) is 0 Å². The van der Waals surface area contributed by atoms with Crippen molar-refractivity contribution in [3.63, 3.8) is 0 Å². The van der Waals surface area contributed by atoms with Gasteiger partial charge >= 0.3 is 12.1 Å². The summed E-state index contributed by atoms with van der Waals surface area (Å²) in [6, 6.07) is -0.762. The van der Waals surface area contributed by atoms with Crippen molar-refractivity contribution in [2.45, 2.75) is 45.8 Å². The lowest BCUT2D eigenvalue weighted by molar-refractivity contribution is -0.121. The van der Waals surface area contributed by atoms with Gasteiger partial charge in [-0.1, -0.05) is 0 Å². The summed E-state index contributed by atoms with van der Waals surface area (Å²) < 4.78 is 5.17. The number of carbonyl (C=O) groups excluding carboxylic acids is 2. The first-order chi connectivity index (χ1) is 10.5. The lowest BCUT2D eigenvalue weighted by Gasteiger charge is -2.22. The molecule has 0 bridgehead atoms. The standard InChI is InChI=1S/C14H21N3O5S/c1-7-10(12(19)20)17-11(23-7)8(6-9(18)15-5)16-13(21)22-14(2,3)4/h8H,6H2,1-5H3,(H,15,18)(H,16,21)(H,19,20)/t8-/m0/s1. The topological polar surface area (TPSA) is 118 Å². The van der Waals surface area contributed by atoms with Crippen LogP contribution in [0, 0.1) is 6.92 Å². The van der Waals surface area contributed by atoms with E-state index in [2.05, 4.69) is 15.6 Å². The number of rotatable bonds is 5. The van der Waals surface area contributed by atoms with Gasteiger partial charge in [-0.25, -0.2) is 14.6 Å². The summed E-state index contributed by atoms with van der Waals surface area (Å²) in [4.78, 5) is 39.2. The van der Waals surface area contributed by atoms with Crippen molar-refractivity contribution in [2.24, 2.45) is 0 Å². The number of aromatic nitrogens is 1. The molecule has 3 N–H and O–H groups in total. The third kappa shape index (κ3) is 5.85. The van der Waals surface area contributed by atoms with Gasteiger partial charge in [0.15, 0.2) is 5.69 Å². The fourth-order valence-corrected chi connectivity index (χ4v) is 2.67. The Morgan fingerprint density at radius 2 is 1.96 bits per heavy atom. The number of hydrogen-bond acceptors (Lipinski definition) is 6. The van der Waals surface area contributed by atoms with Gasteiger partial charge in [0.2, 0.25) is 5.91 Å². The van der Waals surface area contributed by atoms with Crippen LogP contribution in [0.1, 0.15) is 53.6 Å².